The van der Waals surface area contributed by atoms with Crippen LogP contribution >= 0.6 is 0 Å². The summed E-state index contributed by atoms with van der Waals surface area (Å²) in [7, 11) is 0. The number of nitrogens with two attached hydrogens (primary N) is 1. The van der Waals surface area contributed by atoms with Crippen LogP contribution < -0.4 is 5.73 Å². The van der Waals surface area contributed by atoms with Crippen molar-refractivity contribution < 1.29 is 18.3 Å². The number of aliphatic hydroxyl groups is 1. The maximum Gasteiger partial charge on any atom is 0.418 e. The average molecular weight is 205 g/mol. The van der Waals surface area contributed by atoms with E-state index in [2.05, 4.69) is 0 Å². The van der Waals surface area contributed by atoms with Crippen LogP contribution in [0.1, 0.15) is 17.2 Å². The molecule has 1 aromatic rings. The maximum atomic E-state index is 12.1. The molecule has 3 N–H and O–H groups in total. The highest BCUT2D eigenvalue weighted by atomic mass is 19.4. The fraction of sp³-hybridized carbons (Fsp3) is 0.333. The standard InChI is InChI=1S/C9H10F3NO/c1-5-3-2-4-6(7(5)13)8(14)9(10,11)12/h2-4,8,14H,13H2,1H3. The molecule has 0 heterocycles. The number of aryl methyl sites for hydroxylation is 1. The lowest BCUT2D eigenvalue weighted by Crippen LogP contribution is -2.21. The second-order valence-electron chi connectivity index (χ2n) is 3.02. The number of para-hydroxylation sites is 1. The molecule has 0 saturated carbocycles. The number of rotatable bonds is 1. The molecule has 1 unspecified atom stereocenters. The molecule has 0 amide bonds. The van der Waals surface area contributed by atoms with E-state index in [0.717, 1.165) is 0 Å². The minimum atomic E-state index is -4.68. The van der Waals surface area contributed by atoms with Crippen LogP contribution in [0.5, 0.6) is 0 Å². The molecule has 78 valence electrons. The largest absolute Gasteiger partial charge is 0.418 e. The van der Waals surface area contributed by atoms with Gasteiger partial charge in [0, 0.05) is 11.3 Å². The second kappa shape index (κ2) is 3.49. The molecule has 0 aliphatic carbocycles. The van der Waals surface area contributed by atoms with Gasteiger partial charge in [-0.05, 0) is 12.5 Å². The Balaban J connectivity index is 3.14. The molecule has 0 radical (unpaired) electrons. The summed E-state index contributed by atoms with van der Waals surface area (Å²) in [6.07, 6.45) is -7.19. The topological polar surface area (TPSA) is 46.2 Å². The fourth-order valence-electron chi connectivity index (χ4n) is 1.12. The fourth-order valence-corrected chi connectivity index (χ4v) is 1.12. The van der Waals surface area contributed by atoms with Crippen molar-refractivity contribution in [3.8, 4) is 0 Å². The van der Waals surface area contributed by atoms with E-state index in [1.807, 2.05) is 0 Å². The van der Waals surface area contributed by atoms with Crippen molar-refractivity contribution in [2.24, 2.45) is 0 Å². The van der Waals surface area contributed by atoms with Crippen LogP contribution in [0.3, 0.4) is 0 Å². The lowest BCUT2D eigenvalue weighted by molar-refractivity contribution is -0.206. The number of nitrogen functional groups attached to an aromatic ring is 1. The van der Waals surface area contributed by atoms with Crippen LogP contribution in [-0.4, -0.2) is 11.3 Å². The van der Waals surface area contributed by atoms with E-state index in [4.69, 9.17) is 10.8 Å². The number of aliphatic hydroxyl groups excluding tert-OH is 1. The van der Waals surface area contributed by atoms with E-state index < -0.39 is 12.3 Å². The predicted molar refractivity (Wildman–Crippen MR) is 46.6 cm³/mol. The van der Waals surface area contributed by atoms with Crippen LogP contribution in [0.4, 0.5) is 18.9 Å². The predicted octanol–water partition coefficient (Wildman–Crippen LogP) is 2.17. The molecule has 2 nitrogen and oxygen atoms in total. The number of hydrogen-bond acceptors (Lipinski definition) is 2. The summed E-state index contributed by atoms with van der Waals surface area (Å²) in [5.74, 6) is 0. The van der Waals surface area contributed by atoms with Gasteiger partial charge in [-0.25, -0.2) is 0 Å². The summed E-state index contributed by atoms with van der Waals surface area (Å²) in [5.41, 5.74) is 5.63. The third-order valence-corrected chi connectivity index (χ3v) is 1.96. The number of benzene rings is 1. The molecule has 0 aliphatic heterocycles. The summed E-state index contributed by atoms with van der Waals surface area (Å²) in [6, 6.07) is 4.18. The summed E-state index contributed by atoms with van der Waals surface area (Å²) < 4.78 is 36.4. The van der Waals surface area contributed by atoms with Crippen molar-refractivity contribution in [2.45, 2.75) is 19.2 Å². The minimum Gasteiger partial charge on any atom is -0.398 e. The highest BCUT2D eigenvalue weighted by Gasteiger charge is 2.40. The highest BCUT2D eigenvalue weighted by molar-refractivity contribution is 5.54. The van der Waals surface area contributed by atoms with Gasteiger partial charge in [-0.1, -0.05) is 18.2 Å². The van der Waals surface area contributed by atoms with Crippen molar-refractivity contribution in [3.63, 3.8) is 0 Å². The number of hydrogen-bond donors (Lipinski definition) is 2. The Hall–Kier alpha value is -1.23. The normalized spacial score (nSPS) is 14.1. The van der Waals surface area contributed by atoms with E-state index in [1.165, 1.54) is 12.1 Å². The molecule has 14 heavy (non-hydrogen) atoms. The SMILES string of the molecule is Cc1cccc(C(O)C(F)(F)F)c1N. The molecule has 5 heteroatoms. The zero-order valence-corrected chi connectivity index (χ0v) is 7.47. The van der Waals surface area contributed by atoms with Crippen LogP contribution in [0.2, 0.25) is 0 Å². The molecule has 0 bridgehead atoms. The van der Waals surface area contributed by atoms with Gasteiger partial charge in [0.1, 0.15) is 0 Å². The second-order valence-corrected chi connectivity index (χ2v) is 3.02. The van der Waals surface area contributed by atoms with Crippen molar-refractivity contribution in [1.82, 2.24) is 0 Å². The van der Waals surface area contributed by atoms with E-state index in [0.29, 0.717) is 5.56 Å². The van der Waals surface area contributed by atoms with Crippen molar-refractivity contribution in [1.29, 1.82) is 0 Å². The molecular weight excluding hydrogens is 195 g/mol. The summed E-state index contributed by atoms with van der Waals surface area (Å²) in [5, 5.41) is 8.96. The Bertz CT molecular complexity index is 335. The zero-order chi connectivity index (χ0) is 10.9. The van der Waals surface area contributed by atoms with Crippen LogP contribution in [0, 0.1) is 6.92 Å². The molecule has 1 atom stereocenters. The number of halogens is 3. The molecular formula is C9H10F3NO. The maximum absolute atomic E-state index is 12.1. The first-order chi connectivity index (χ1) is 6.34. The molecule has 1 rings (SSSR count). The first kappa shape index (κ1) is 10.8. The molecule has 0 aliphatic rings. The van der Waals surface area contributed by atoms with E-state index in [1.54, 1.807) is 13.0 Å². The first-order valence-electron chi connectivity index (χ1n) is 3.94. The number of anilines is 1. The Labute approximate surface area is 79.2 Å². The zero-order valence-electron chi connectivity index (χ0n) is 7.47. The monoisotopic (exact) mass is 205 g/mol. The van der Waals surface area contributed by atoms with Gasteiger partial charge in [0.25, 0.3) is 0 Å². The van der Waals surface area contributed by atoms with Gasteiger partial charge in [-0.2, -0.15) is 13.2 Å². The van der Waals surface area contributed by atoms with E-state index >= 15 is 0 Å². The molecule has 1 aromatic carbocycles. The highest BCUT2D eigenvalue weighted by Crippen LogP contribution is 2.35. The molecule has 0 aromatic heterocycles. The Kier molecular flexibility index (Phi) is 2.71. The van der Waals surface area contributed by atoms with Gasteiger partial charge in [0.05, 0.1) is 0 Å². The van der Waals surface area contributed by atoms with Gasteiger partial charge in [0.15, 0.2) is 6.10 Å². The first-order valence-corrected chi connectivity index (χ1v) is 3.94. The van der Waals surface area contributed by atoms with Crippen molar-refractivity contribution >= 4 is 5.69 Å². The van der Waals surface area contributed by atoms with E-state index in [9.17, 15) is 13.2 Å². The third kappa shape index (κ3) is 1.98. The number of alkyl halides is 3. The van der Waals surface area contributed by atoms with Crippen LogP contribution in [0.25, 0.3) is 0 Å². The lowest BCUT2D eigenvalue weighted by Gasteiger charge is -2.17. The Morgan fingerprint density at radius 1 is 1.36 bits per heavy atom. The Morgan fingerprint density at radius 3 is 2.43 bits per heavy atom. The quantitative estimate of drug-likeness (QED) is 0.690. The lowest BCUT2D eigenvalue weighted by atomic mass is 10.0. The van der Waals surface area contributed by atoms with E-state index in [-0.39, 0.29) is 11.3 Å². The van der Waals surface area contributed by atoms with Crippen molar-refractivity contribution in [2.75, 3.05) is 5.73 Å². The average Bonchev–Trinajstić information content (AvgIpc) is 2.07. The Morgan fingerprint density at radius 2 is 1.93 bits per heavy atom. The van der Waals surface area contributed by atoms with Gasteiger partial charge < -0.3 is 10.8 Å². The van der Waals surface area contributed by atoms with Crippen LogP contribution in [0.15, 0.2) is 18.2 Å². The minimum absolute atomic E-state index is 0.0164. The van der Waals surface area contributed by atoms with Crippen molar-refractivity contribution in [3.05, 3.63) is 29.3 Å². The smallest absolute Gasteiger partial charge is 0.398 e. The van der Waals surface area contributed by atoms with Gasteiger partial charge in [-0.15, -0.1) is 0 Å². The summed E-state index contributed by atoms with van der Waals surface area (Å²) >= 11 is 0. The van der Waals surface area contributed by atoms with Gasteiger partial charge in [-0.3, -0.25) is 0 Å². The molecule has 0 spiro atoms. The summed E-state index contributed by atoms with van der Waals surface area (Å²) in [6.45, 7) is 1.59. The van der Waals surface area contributed by atoms with Gasteiger partial charge in [0.2, 0.25) is 0 Å². The van der Waals surface area contributed by atoms with Crippen LogP contribution in [-0.2, 0) is 0 Å². The molecule has 0 fully saturated rings. The summed E-state index contributed by atoms with van der Waals surface area (Å²) in [4.78, 5) is 0. The third-order valence-electron chi connectivity index (χ3n) is 1.96. The van der Waals surface area contributed by atoms with Gasteiger partial charge >= 0.3 is 6.18 Å². The molecule has 0 saturated heterocycles.